The van der Waals surface area contributed by atoms with E-state index >= 15 is 0 Å². The molecule has 2 nitrogen and oxygen atoms in total. The molecule has 1 aromatic rings. The van der Waals surface area contributed by atoms with Crippen molar-refractivity contribution in [3.63, 3.8) is 0 Å². The van der Waals surface area contributed by atoms with Gasteiger partial charge in [0.05, 0.1) is 0 Å². The van der Waals surface area contributed by atoms with Crippen LogP contribution in [-0.4, -0.2) is 18.2 Å². The van der Waals surface area contributed by atoms with E-state index in [4.69, 9.17) is 4.74 Å². The number of aryl methyl sites for hydroxylation is 1. The highest BCUT2D eigenvalue weighted by Crippen LogP contribution is 2.41. The van der Waals surface area contributed by atoms with E-state index in [2.05, 4.69) is 40.3 Å². The van der Waals surface area contributed by atoms with Crippen LogP contribution < -0.4 is 10.1 Å². The Kier molecular flexibility index (Phi) is 2.91. The van der Waals surface area contributed by atoms with E-state index in [1.54, 1.807) is 0 Å². The maximum absolute atomic E-state index is 6.19. The first kappa shape index (κ1) is 11.5. The minimum Gasteiger partial charge on any atom is -0.486 e. The van der Waals surface area contributed by atoms with Crippen LogP contribution in [0.1, 0.15) is 31.2 Å². The Bertz CT molecular complexity index is 424. The monoisotopic (exact) mass is 295 g/mol. The van der Waals surface area contributed by atoms with Crippen molar-refractivity contribution in [1.82, 2.24) is 5.32 Å². The van der Waals surface area contributed by atoms with Gasteiger partial charge >= 0.3 is 0 Å². The Morgan fingerprint density at radius 2 is 2.18 bits per heavy atom. The molecule has 3 rings (SSSR count). The fourth-order valence-corrected chi connectivity index (χ4v) is 2.51. The molecule has 1 N–H and O–H groups in total. The van der Waals surface area contributed by atoms with Crippen molar-refractivity contribution < 1.29 is 4.74 Å². The van der Waals surface area contributed by atoms with Gasteiger partial charge in [0.25, 0.3) is 0 Å². The summed E-state index contributed by atoms with van der Waals surface area (Å²) in [6.45, 7) is 3.11. The molecule has 2 fully saturated rings. The lowest BCUT2D eigenvalue weighted by Crippen LogP contribution is -2.34. The summed E-state index contributed by atoms with van der Waals surface area (Å²) in [5.74, 6) is 1.03. The minimum absolute atomic E-state index is 0.0845. The van der Waals surface area contributed by atoms with Crippen molar-refractivity contribution in [1.29, 1.82) is 0 Å². The number of nitrogens with one attached hydrogen (secondary N) is 1. The van der Waals surface area contributed by atoms with E-state index in [-0.39, 0.29) is 5.60 Å². The predicted molar refractivity (Wildman–Crippen MR) is 72.5 cm³/mol. The highest BCUT2D eigenvalue weighted by atomic mass is 79.9. The van der Waals surface area contributed by atoms with Gasteiger partial charge in [0.15, 0.2) is 0 Å². The molecule has 92 valence electrons. The summed E-state index contributed by atoms with van der Waals surface area (Å²) >= 11 is 3.48. The molecular formula is C14H18BrNO. The van der Waals surface area contributed by atoms with Gasteiger partial charge in [-0.15, -0.1) is 0 Å². The van der Waals surface area contributed by atoms with Crippen LogP contribution in [0.4, 0.5) is 0 Å². The summed E-state index contributed by atoms with van der Waals surface area (Å²) in [4.78, 5) is 0. The van der Waals surface area contributed by atoms with E-state index in [9.17, 15) is 0 Å². The summed E-state index contributed by atoms with van der Waals surface area (Å²) in [5, 5.41) is 3.58. The zero-order chi connectivity index (χ0) is 11.9. The van der Waals surface area contributed by atoms with Gasteiger partial charge in [-0.3, -0.25) is 0 Å². The number of halogens is 1. The fraction of sp³-hybridized carbons (Fsp3) is 0.571. The number of ether oxygens (including phenoxy) is 1. The van der Waals surface area contributed by atoms with Crippen molar-refractivity contribution in [2.45, 2.75) is 44.2 Å². The maximum Gasteiger partial charge on any atom is 0.123 e. The van der Waals surface area contributed by atoms with Gasteiger partial charge in [0.1, 0.15) is 11.4 Å². The first-order valence-corrected chi connectivity index (χ1v) is 7.15. The predicted octanol–water partition coefficient (Wildman–Crippen LogP) is 3.42. The zero-order valence-corrected chi connectivity index (χ0v) is 11.7. The smallest absolute Gasteiger partial charge is 0.123 e. The molecule has 0 bridgehead atoms. The van der Waals surface area contributed by atoms with Crippen LogP contribution in [0, 0.1) is 6.92 Å². The third-order valence-electron chi connectivity index (χ3n) is 3.56. The molecule has 2 saturated carbocycles. The molecule has 2 aliphatic carbocycles. The van der Waals surface area contributed by atoms with Crippen LogP contribution in [0.15, 0.2) is 22.7 Å². The maximum atomic E-state index is 6.19. The topological polar surface area (TPSA) is 21.3 Å². The van der Waals surface area contributed by atoms with Gasteiger partial charge in [0.2, 0.25) is 0 Å². The molecule has 3 heteroatoms. The quantitative estimate of drug-likeness (QED) is 0.899. The molecule has 0 aliphatic heterocycles. The second-order valence-electron chi connectivity index (χ2n) is 5.35. The SMILES string of the molecule is Cc1cc(Br)ccc1OC1(CNC2CC2)CC1. The van der Waals surface area contributed by atoms with E-state index in [0.29, 0.717) is 0 Å². The number of benzene rings is 1. The second-order valence-corrected chi connectivity index (χ2v) is 6.27. The molecule has 0 spiro atoms. The van der Waals surface area contributed by atoms with E-state index in [1.165, 1.54) is 31.2 Å². The van der Waals surface area contributed by atoms with Crippen LogP contribution in [0.5, 0.6) is 5.75 Å². The average molecular weight is 296 g/mol. The van der Waals surface area contributed by atoms with Crippen molar-refractivity contribution >= 4 is 15.9 Å². The van der Waals surface area contributed by atoms with Crippen LogP contribution in [0.2, 0.25) is 0 Å². The van der Waals surface area contributed by atoms with E-state index < -0.39 is 0 Å². The molecule has 17 heavy (non-hydrogen) atoms. The molecule has 0 atom stereocenters. The van der Waals surface area contributed by atoms with Crippen LogP contribution in [-0.2, 0) is 0 Å². The summed E-state index contributed by atoms with van der Waals surface area (Å²) in [6, 6.07) is 6.99. The number of hydrogen-bond acceptors (Lipinski definition) is 2. The van der Waals surface area contributed by atoms with Gasteiger partial charge in [0, 0.05) is 17.1 Å². The van der Waals surface area contributed by atoms with E-state index in [0.717, 1.165) is 22.8 Å². The van der Waals surface area contributed by atoms with Gasteiger partial charge < -0.3 is 10.1 Å². The molecule has 0 unspecified atom stereocenters. The van der Waals surface area contributed by atoms with Crippen LogP contribution in [0.3, 0.4) is 0 Å². The molecule has 2 aliphatic rings. The van der Waals surface area contributed by atoms with Gasteiger partial charge in [-0.1, -0.05) is 15.9 Å². The van der Waals surface area contributed by atoms with E-state index in [1.807, 2.05) is 6.07 Å². The first-order valence-electron chi connectivity index (χ1n) is 6.35. The third-order valence-corrected chi connectivity index (χ3v) is 4.05. The Labute approximate surface area is 111 Å². The van der Waals surface area contributed by atoms with Crippen molar-refractivity contribution in [2.24, 2.45) is 0 Å². The molecular weight excluding hydrogens is 278 g/mol. The van der Waals surface area contributed by atoms with Crippen molar-refractivity contribution in [3.8, 4) is 5.75 Å². The standard InChI is InChI=1S/C14H18BrNO/c1-10-8-11(15)2-5-13(10)17-14(6-7-14)9-16-12-3-4-12/h2,5,8,12,16H,3-4,6-7,9H2,1H3. The lowest BCUT2D eigenvalue weighted by Gasteiger charge is -2.20. The average Bonchev–Trinajstić information content (AvgIpc) is 3.15. The van der Waals surface area contributed by atoms with Gasteiger partial charge in [-0.25, -0.2) is 0 Å². The molecule has 0 heterocycles. The largest absolute Gasteiger partial charge is 0.486 e. The normalized spacial score (nSPS) is 21.3. The lowest BCUT2D eigenvalue weighted by molar-refractivity contribution is 0.174. The highest BCUT2D eigenvalue weighted by molar-refractivity contribution is 9.10. The molecule has 0 aromatic heterocycles. The zero-order valence-electron chi connectivity index (χ0n) is 10.1. The second kappa shape index (κ2) is 4.29. The lowest BCUT2D eigenvalue weighted by atomic mass is 10.2. The summed E-state index contributed by atoms with van der Waals surface area (Å²) in [6.07, 6.45) is 5.05. The minimum atomic E-state index is 0.0845. The van der Waals surface area contributed by atoms with Gasteiger partial charge in [-0.05, 0) is 56.4 Å². The molecule has 1 aromatic carbocycles. The molecule has 0 radical (unpaired) electrons. The Hall–Kier alpha value is -0.540. The molecule has 0 amide bonds. The van der Waals surface area contributed by atoms with Crippen molar-refractivity contribution in [3.05, 3.63) is 28.2 Å². The first-order chi connectivity index (χ1) is 8.17. The summed E-state index contributed by atoms with van der Waals surface area (Å²) < 4.78 is 7.31. The summed E-state index contributed by atoms with van der Waals surface area (Å²) in [7, 11) is 0. The Balaban J connectivity index is 1.64. The Morgan fingerprint density at radius 3 is 2.76 bits per heavy atom. The van der Waals surface area contributed by atoms with Crippen molar-refractivity contribution in [2.75, 3.05) is 6.54 Å². The van der Waals surface area contributed by atoms with Crippen LogP contribution in [0.25, 0.3) is 0 Å². The highest BCUT2D eigenvalue weighted by Gasteiger charge is 2.46. The molecule has 0 saturated heterocycles. The number of hydrogen-bond donors (Lipinski definition) is 1. The number of rotatable bonds is 5. The van der Waals surface area contributed by atoms with Gasteiger partial charge in [-0.2, -0.15) is 0 Å². The fourth-order valence-electron chi connectivity index (χ4n) is 2.03. The Morgan fingerprint density at radius 1 is 1.41 bits per heavy atom. The third kappa shape index (κ3) is 2.83. The summed E-state index contributed by atoms with van der Waals surface area (Å²) in [5.41, 5.74) is 1.29. The van der Waals surface area contributed by atoms with Crippen LogP contribution >= 0.6 is 15.9 Å².